The van der Waals surface area contributed by atoms with Crippen molar-refractivity contribution in [3.05, 3.63) is 30.3 Å². The van der Waals surface area contributed by atoms with Gasteiger partial charge in [0.25, 0.3) is 0 Å². The second-order valence-corrected chi connectivity index (χ2v) is 10.3. The monoisotopic (exact) mass is 253 g/mol. The van der Waals surface area contributed by atoms with Crippen LogP contribution >= 0.6 is 0 Å². The number of benzene rings is 1. The highest BCUT2D eigenvalue weighted by Crippen LogP contribution is 2.36. The summed E-state index contributed by atoms with van der Waals surface area (Å²) in [5, 5.41) is 0.448. The summed E-state index contributed by atoms with van der Waals surface area (Å²) in [5.41, 5.74) is -0.218. The molecule has 0 radical (unpaired) electrons. The van der Waals surface area contributed by atoms with Gasteiger partial charge < -0.3 is 4.98 Å². The van der Waals surface area contributed by atoms with Gasteiger partial charge in [-0.3, -0.25) is 4.11 Å². The van der Waals surface area contributed by atoms with E-state index in [4.69, 9.17) is 0 Å². The molecule has 1 aromatic rings. The third kappa shape index (κ3) is 3.39. The molecule has 0 heterocycles. The molecule has 1 atom stereocenters. The molecule has 0 aliphatic heterocycles. The summed E-state index contributed by atoms with van der Waals surface area (Å²) in [5.74, 6) is 0. The lowest BCUT2D eigenvalue weighted by Gasteiger charge is -2.40. The second kappa shape index (κ2) is 4.54. The average Bonchev–Trinajstić information content (AvgIpc) is 2.14. The first-order chi connectivity index (χ1) is 7.56. The highest BCUT2D eigenvalue weighted by molar-refractivity contribution is 6.86. The zero-order valence-corrected chi connectivity index (χ0v) is 12.8. The Bertz CT molecular complexity index is 364. The van der Waals surface area contributed by atoms with Crippen molar-refractivity contribution in [2.75, 3.05) is 0 Å². The number of hydrogen-bond donors (Lipinski definition) is 1. The molecule has 0 amide bonds. The van der Waals surface area contributed by atoms with Gasteiger partial charge >= 0.3 is 8.57 Å². The molecule has 3 heteroatoms. The maximum atomic E-state index is 15.6. The Hall–Kier alpha value is -0.673. The number of halogens is 1. The van der Waals surface area contributed by atoms with Crippen LogP contribution in [0.3, 0.4) is 0 Å². The zero-order valence-electron chi connectivity index (χ0n) is 11.8. The fourth-order valence-electron chi connectivity index (χ4n) is 1.88. The van der Waals surface area contributed by atoms with Crippen LogP contribution in [0.5, 0.6) is 0 Å². The maximum absolute atomic E-state index is 15.6. The predicted octanol–water partition coefficient (Wildman–Crippen LogP) is 3.49. The van der Waals surface area contributed by atoms with E-state index in [1.165, 1.54) is 0 Å². The van der Waals surface area contributed by atoms with Gasteiger partial charge in [0.1, 0.15) is 0 Å². The van der Waals surface area contributed by atoms with Gasteiger partial charge in [-0.05, 0) is 26.0 Å². The Morgan fingerprint density at radius 3 is 1.76 bits per heavy atom. The van der Waals surface area contributed by atoms with E-state index in [-0.39, 0.29) is 10.6 Å². The standard InChI is InChI=1S/C14H24FNSi/c1-13(2,3)16-17(15,14(4,5)6)12-10-8-7-9-11-12/h7-11,16H,1-6H3. The number of rotatable bonds is 2. The van der Waals surface area contributed by atoms with Crippen LogP contribution < -0.4 is 10.2 Å². The maximum Gasteiger partial charge on any atom is 0.356 e. The van der Waals surface area contributed by atoms with Gasteiger partial charge in [0.15, 0.2) is 0 Å². The summed E-state index contributed by atoms with van der Waals surface area (Å²) < 4.78 is 15.6. The van der Waals surface area contributed by atoms with Crippen LogP contribution in [0.4, 0.5) is 4.11 Å². The first kappa shape index (κ1) is 14.4. The van der Waals surface area contributed by atoms with Crippen molar-refractivity contribution in [2.45, 2.75) is 52.1 Å². The highest BCUT2D eigenvalue weighted by Gasteiger charge is 2.50. The van der Waals surface area contributed by atoms with Crippen molar-refractivity contribution in [2.24, 2.45) is 0 Å². The van der Waals surface area contributed by atoms with E-state index in [2.05, 4.69) is 4.98 Å². The van der Waals surface area contributed by atoms with E-state index in [0.29, 0.717) is 0 Å². The lowest BCUT2D eigenvalue weighted by molar-refractivity contribution is 0.461. The summed E-state index contributed by atoms with van der Waals surface area (Å²) in [6, 6.07) is 9.55. The van der Waals surface area contributed by atoms with Gasteiger partial charge in [0, 0.05) is 10.6 Å². The van der Waals surface area contributed by atoms with Gasteiger partial charge in [0.05, 0.1) is 0 Å². The van der Waals surface area contributed by atoms with Gasteiger partial charge in [0.2, 0.25) is 0 Å². The van der Waals surface area contributed by atoms with Gasteiger partial charge in [-0.2, -0.15) is 0 Å². The summed E-state index contributed by atoms with van der Waals surface area (Å²) in [4.78, 5) is 3.26. The lowest BCUT2D eigenvalue weighted by atomic mass is 10.1. The van der Waals surface area contributed by atoms with E-state index in [1.807, 2.05) is 71.9 Å². The first-order valence-corrected chi connectivity index (χ1v) is 7.98. The third-order valence-electron chi connectivity index (χ3n) is 2.75. The second-order valence-electron chi connectivity index (χ2n) is 6.65. The first-order valence-electron chi connectivity index (χ1n) is 6.10. The van der Waals surface area contributed by atoms with E-state index in [9.17, 15) is 0 Å². The van der Waals surface area contributed by atoms with E-state index in [0.717, 1.165) is 5.19 Å². The SMILES string of the molecule is CC(C)(C)N[Si](F)(c1ccccc1)C(C)(C)C. The molecule has 1 aromatic carbocycles. The van der Waals surface area contributed by atoms with Crippen molar-refractivity contribution in [1.29, 1.82) is 0 Å². The molecule has 0 aliphatic carbocycles. The molecule has 0 aromatic heterocycles. The fraction of sp³-hybridized carbons (Fsp3) is 0.571. The largest absolute Gasteiger partial charge is 0.356 e. The molecule has 0 saturated heterocycles. The summed E-state index contributed by atoms with van der Waals surface area (Å²) in [6.07, 6.45) is 0. The third-order valence-corrected chi connectivity index (χ3v) is 7.04. The van der Waals surface area contributed by atoms with Gasteiger partial charge in [-0.15, -0.1) is 0 Å². The quantitative estimate of drug-likeness (QED) is 0.628. The Balaban J connectivity index is 3.22. The molecule has 0 saturated carbocycles. The van der Waals surface area contributed by atoms with Crippen LogP contribution in [0.1, 0.15) is 41.5 Å². The van der Waals surface area contributed by atoms with Crippen molar-refractivity contribution in [1.82, 2.24) is 4.98 Å². The minimum atomic E-state index is -3.21. The molecule has 17 heavy (non-hydrogen) atoms. The molecule has 96 valence electrons. The molecule has 1 rings (SSSR count). The number of nitrogens with one attached hydrogen (secondary N) is 1. The predicted molar refractivity (Wildman–Crippen MR) is 75.5 cm³/mol. The van der Waals surface area contributed by atoms with Crippen molar-refractivity contribution in [3.63, 3.8) is 0 Å². The Morgan fingerprint density at radius 2 is 1.41 bits per heavy atom. The van der Waals surface area contributed by atoms with Crippen LogP contribution in [0.2, 0.25) is 5.04 Å². The van der Waals surface area contributed by atoms with Crippen LogP contribution in [0.15, 0.2) is 30.3 Å². The topological polar surface area (TPSA) is 12.0 Å². The van der Waals surface area contributed by atoms with Crippen molar-refractivity contribution < 1.29 is 4.11 Å². The van der Waals surface area contributed by atoms with Crippen molar-refractivity contribution in [3.8, 4) is 0 Å². The van der Waals surface area contributed by atoms with Crippen LogP contribution in [-0.2, 0) is 0 Å². The highest BCUT2D eigenvalue weighted by atomic mass is 28.4. The molecule has 1 nitrogen and oxygen atoms in total. The Morgan fingerprint density at radius 1 is 0.941 bits per heavy atom. The summed E-state index contributed by atoms with van der Waals surface area (Å²) >= 11 is 0. The van der Waals surface area contributed by atoms with E-state index < -0.39 is 8.57 Å². The molecule has 0 aliphatic rings. The minimum absolute atomic E-state index is 0.218. The molecule has 0 bridgehead atoms. The molecule has 1 unspecified atom stereocenters. The summed E-state index contributed by atoms with van der Waals surface area (Å²) in [7, 11) is -3.21. The normalized spacial score (nSPS) is 16.6. The van der Waals surface area contributed by atoms with Gasteiger partial charge in [-0.1, -0.05) is 51.1 Å². The fourth-order valence-corrected chi connectivity index (χ4v) is 4.95. The van der Waals surface area contributed by atoms with E-state index >= 15 is 4.11 Å². The van der Waals surface area contributed by atoms with E-state index in [1.54, 1.807) is 0 Å². The van der Waals surface area contributed by atoms with Crippen LogP contribution in [0, 0.1) is 0 Å². The summed E-state index contributed by atoms with van der Waals surface area (Å²) in [6.45, 7) is 12.0. The molecular weight excluding hydrogens is 229 g/mol. The van der Waals surface area contributed by atoms with Gasteiger partial charge in [-0.25, -0.2) is 0 Å². The molecular formula is C14H24FNSi. The lowest BCUT2D eigenvalue weighted by Crippen LogP contribution is -2.67. The van der Waals surface area contributed by atoms with Crippen molar-refractivity contribution >= 4 is 13.8 Å². The van der Waals surface area contributed by atoms with Crippen LogP contribution in [0.25, 0.3) is 0 Å². The molecule has 1 N–H and O–H groups in total. The average molecular weight is 253 g/mol. The van der Waals surface area contributed by atoms with Crippen LogP contribution in [-0.4, -0.2) is 14.1 Å². The zero-order chi connectivity index (χ0) is 13.3. The minimum Gasteiger partial charge on any atom is -0.304 e. The number of hydrogen-bond acceptors (Lipinski definition) is 1. The Kier molecular flexibility index (Phi) is 3.84. The Labute approximate surface area is 106 Å². The molecule has 0 spiro atoms. The molecule has 0 fully saturated rings. The smallest absolute Gasteiger partial charge is 0.304 e.